The molecule has 2 atom stereocenters. The van der Waals surface area contributed by atoms with E-state index >= 15 is 0 Å². The van der Waals surface area contributed by atoms with Gasteiger partial charge in [0.05, 0.1) is 13.2 Å². The standard InChI is InChI=1S/C32H64NO8P/c1-3-5-7-9-10-11-12-13-14-15-16-17-18-19-20-21-23-25-32(35)41-30(29-40-42(36,37)39-27-26-33)28-38-31(34)24-22-8-6-4-2/h30H,3-29,33H2,1-2H3,(H,36,37). The predicted octanol–water partition coefficient (Wildman–Crippen LogP) is 8.55. The van der Waals surface area contributed by atoms with Crippen molar-refractivity contribution in [1.82, 2.24) is 0 Å². The Hall–Kier alpha value is -0.990. The van der Waals surface area contributed by atoms with Crippen molar-refractivity contribution in [3.05, 3.63) is 0 Å². The van der Waals surface area contributed by atoms with Gasteiger partial charge in [0.25, 0.3) is 0 Å². The summed E-state index contributed by atoms with van der Waals surface area (Å²) in [6, 6.07) is 0. The molecule has 0 bridgehead atoms. The highest BCUT2D eigenvalue weighted by molar-refractivity contribution is 7.47. The summed E-state index contributed by atoms with van der Waals surface area (Å²) in [5, 5.41) is 0. The Balaban J connectivity index is 4.04. The summed E-state index contributed by atoms with van der Waals surface area (Å²) in [6.07, 6.45) is 24.8. The van der Waals surface area contributed by atoms with Crippen LogP contribution < -0.4 is 5.73 Å². The summed E-state index contributed by atoms with van der Waals surface area (Å²) in [5.41, 5.74) is 5.29. The molecule has 0 aromatic carbocycles. The van der Waals surface area contributed by atoms with Gasteiger partial charge in [0, 0.05) is 19.4 Å². The third-order valence-corrected chi connectivity index (χ3v) is 8.23. The van der Waals surface area contributed by atoms with Crippen molar-refractivity contribution in [2.24, 2.45) is 5.73 Å². The number of hydrogen-bond acceptors (Lipinski definition) is 8. The first-order chi connectivity index (χ1) is 20.3. The molecule has 0 saturated carbocycles. The van der Waals surface area contributed by atoms with Crippen molar-refractivity contribution < 1.29 is 37.6 Å². The molecule has 0 heterocycles. The predicted molar refractivity (Wildman–Crippen MR) is 169 cm³/mol. The Morgan fingerprint density at radius 1 is 0.619 bits per heavy atom. The van der Waals surface area contributed by atoms with E-state index in [2.05, 4.69) is 13.8 Å². The van der Waals surface area contributed by atoms with Crippen molar-refractivity contribution in [3.8, 4) is 0 Å². The molecule has 0 aromatic heterocycles. The van der Waals surface area contributed by atoms with Crippen LogP contribution in [0, 0.1) is 0 Å². The number of nitrogens with two attached hydrogens (primary N) is 1. The van der Waals surface area contributed by atoms with Crippen LogP contribution in [0.15, 0.2) is 0 Å². The van der Waals surface area contributed by atoms with Gasteiger partial charge in [-0.15, -0.1) is 0 Å². The minimum absolute atomic E-state index is 0.0569. The second-order valence-corrected chi connectivity index (χ2v) is 12.9. The van der Waals surface area contributed by atoms with Gasteiger partial charge in [-0.25, -0.2) is 4.57 Å². The highest BCUT2D eigenvalue weighted by atomic mass is 31.2. The van der Waals surface area contributed by atoms with Crippen LogP contribution in [0.3, 0.4) is 0 Å². The van der Waals surface area contributed by atoms with Crippen LogP contribution in [-0.4, -0.2) is 49.3 Å². The molecule has 2 unspecified atom stereocenters. The lowest BCUT2D eigenvalue weighted by molar-refractivity contribution is -0.161. The van der Waals surface area contributed by atoms with E-state index in [1.54, 1.807) is 0 Å². The number of ether oxygens (including phenoxy) is 2. The average molecular weight is 622 g/mol. The van der Waals surface area contributed by atoms with Crippen LogP contribution in [0.25, 0.3) is 0 Å². The molecule has 9 nitrogen and oxygen atoms in total. The molecule has 0 fully saturated rings. The van der Waals surface area contributed by atoms with Crippen molar-refractivity contribution in [2.75, 3.05) is 26.4 Å². The van der Waals surface area contributed by atoms with E-state index in [4.69, 9.17) is 24.3 Å². The number of hydrogen-bond donors (Lipinski definition) is 2. The minimum atomic E-state index is -4.35. The lowest BCUT2D eigenvalue weighted by Gasteiger charge is -2.19. The first-order valence-electron chi connectivity index (χ1n) is 17.0. The number of carbonyl (C=O) groups excluding carboxylic acids is 2. The number of unbranched alkanes of at least 4 members (excludes halogenated alkanes) is 19. The molecule has 3 N–H and O–H groups in total. The normalized spacial score (nSPS) is 13.5. The zero-order valence-corrected chi connectivity index (χ0v) is 27.9. The average Bonchev–Trinajstić information content (AvgIpc) is 2.97. The van der Waals surface area contributed by atoms with E-state index in [9.17, 15) is 19.0 Å². The Labute approximate surface area is 257 Å². The largest absolute Gasteiger partial charge is 0.472 e. The topological polar surface area (TPSA) is 134 Å². The molecule has 0 amide bonds. The smallest absolute Gasteiger partial charge is 0.462 e. The van der Waals surface area contributed by atoms with Gasteiger partial charge in [-0.3, -0.25) is 18.6 Å². The third-order valence-electron chi connectivity index (χ3n) is 7.24. The van der Waals surface area contributed by atoms with Crippen LogP contribution in [0.5, 0.6) is 0 Å². The molecule has 42 heavy (non-hydrogen) atoms. The number of carbonyl (C=O) groups is 2. The molecule has 10 heteroatoms. The quantitative estimate of drug-likeness (QED) is 0.0430. The first-order valence-corrected chi connectivity index (χ1v) is 18.5. The first kappa shape index (κ1) is 41.0. The van der Waals surface area contributed by atoms with E-state index in [0.717, 1.165) is 38.5 Å². The Morgan fingerprint density at radius 3 is 1.48 bits per heavy atom. The molecule has 0 aliphatic heterocycles. The molecule has 0 saturated heterocycles. The molecule has 0 aromatic rings. The van der Waals surface area contributed by atoms with E-state index in [0.29, 0.717) is 6.42 Å². The molecule has 0 aliphatic rings. The molecule has 0 rings (SSSR count). The van der Waals surface area contributed by atoms with Gasteiger partial charge in [-0.05, 0) is 12.8 Å². The highest BCUT2D eigenvalue weighted by Crippen LogP contribution is 2.43. The lowest BCUT2D eigenvalue weighted by atomic mass is 10.0. The Morgan fingerprint density at radius 2 is 1.02 bits per heavy atom. The molecule has 250 valence electrons. The molecule has 0 spiro atoms. The maximum atomic E-state index is 12.4. The molecule has 0 radical (unpaired) electrons. The highest BCUT2D eigenvalue weighted by Gasteiger charge is 2.25. The van der Waals surface area contributed by atoms with Crippen LogP contribution in [0.4, 0.5) is 0 Å². The van der Waals surface area contributed by atoms with E-state index in [-0.39, 0.29) is 32.6 Å². The second kappa shape index (κ2) is 30.1. The summed E-state index contributed by atoms with van der Waals surface area (Å²) >= 11 is 0. The maximum absolute atomic E-state index is 12.4. The van der Waals surface area contributed by atoms with Crippen LogP contribution >= 0.6 is 7.82 Å². The van der Waals surface area contributed by atoms with Gasteiger partial charge in [0.2, 0.25) is 0 Å². The van der Waals surface area contributed by atoms with Crippen LogP contribution in [-0.2, 0) is 32.7 Å². The summed E-state index contributed by atoms with van der Waals surface area (Å²) in [5.74, 6) is -0.842. The monoisotopic (exact) mass is 621 g/mol. The second-order valence-electron chi connectivity index (χ2n) is 11.4. The number of rotatable bonds is 32. The summed E-state index contributed by atoms with van der Waals surface area (Å²) < 4.78 is 32.3. The Bertz CT molecular complexity index is 679. The van der Waals surface area contributed by atoms with Crippen LogP contribution in [0.2, 0.25) is 0 Å². The maximum Gasteiger partial charge on any atom is 0.472 e. The summed E-state index contributed by atoms with van der Waals surface area (Å²) in [4.78, 5) is 34.2. The minimum Gasteiger partial charge on any atom is -0.462 e. The Kier molecular flexibility index (Phi) is 29.3. The van der Waals surface area contributed by atoms with Gasteiger partial charge < -0.3 is 20.1 Å². The number of phosphoric ester groups is 1. The molecular formula is C32H64NO8P. The van der Waals surface area contributed by atoms with Gasteiger partial charge in [-0.2, -0.15) is 0 Å². The van der Waals surface area contributed by atoms with Crippen molar-refractivity contribution >= 4 is 19.8 Å². The third kappa shape index (κ3) is 29.1. The SMILES string of the molecule is CCCCCCCCCCCCCCCCCCCC(=O)OC(COC(=O)CCCCCC)COP(=O)(O)OCCN. The van der Waals surface area contributed by atoms with Gasteiger partial charge in [-0.1, -0.05) is 136 Å². The molecular weight excluding hydrogens is 557 g/mol. The zero-order valence-electron chi connectivity index (χ0n) is 27.0. The van der Waals surface area contributed by atoms with Crippen molar-refractivity contribution in [3.63, 3.8) is 0 Å². The fourth-order valence-corrected chi connectivity index (χ4v) is 5.46. The zero-order chi connectivity index (χ0) is 31.2. The van der Waals surface area contributed by atoms with Crippen LogP contribution in [0.1, 0.15) is 162 Å². The summed E-state index contributed by atoms with van der Waals surface area (Å²) in [6.45, 7) is 3.60. The van der Waals surface area contributed by atoms with E-state index in [1.165, 1.54) is 89.9 Å². The molecule has 0 aliphatic carbocycles. The van der Waals surface area contributed by atoms with Gasteiger partial charge >= 0.3 is 19.8 Å². The number of phosphoric acid groups is 1. The van der Waals surface area contributed by atoms with Gasteiger partial charge in [0.1, 0.15) is 6.61 Å². The van der Waals surface area contributed by atoms with E-state index < -0.39 is 32.5 Å². The number of esters is 2. The lowest BCUT2D eigenvalue weighted by Crippen LogP contribution is -2.29. The summed E-state index contributed by atoms with van der Waals surface area (Å²) in [7, 11) is -4.35. The van der Waals surface area contributed by atoms with Crippen molar-refractivity contribution in [1.29, 1.82) is 0 Å². The fraction of sp³-hybridized carbons (Fsp3) is 0.938. The van der Waals surface area contributed by atoms with Crippen molar-refractivity contribution in [2.45, 2.75) is 168 Å². The van der Waals surface area contributed by atoms with E-state index in [1.807, 2.05) is 0 Å². The van der Waals surface area contributed by atoms with Gasteiger partial charge in [0.15, 0.2) is 6.10 Å². The fourth-order valence-electron chi connectivity index (χ4n) is 4.69.